The molecule has 0 spiro atoms. The molecule has 0 fully saturated rings. The fraction of sp³-hybridized carbons (Fsp3) is 0.500. The number of hydrogen-bond donors (Lipinski definition) is 1. The van der Waals surface area contributed by atoms with Crippen molar-refractivity contribution in [1.82, 2.24) is 0 Å². The molecular formula is C12H17NO6S. The highest BCUT2D eigenvalue weighted by atomic mass is 32.2. The van der Waals surface area contributed by atoms with Gasteiger partial charge in [0.25, 0.3) is 0 Å². The Morgan fingerprint density at radius 2 is 1.95 bits per heavy atom. The lowest BCUT2D eigenvalue weighted by molar-refractivity contribution is -0.168. The van der Waals surface area contributed by atoms with E-state index >= 15 is 0 Å². The van der Waals surface area contributed by atoms with Crippen LogP contribution in [0.4, 0.5) is 0 Å². The summed E-state index contributed by atoms with van der Waals surface area (Å²) in [4.78, 5) is 24.2. The molecule has 1 aliphatic carbocycles. The normalized spacial score (nSPS) is 25.2. The lowest BCUT2D eigenvalue weighted by atomic mass is 9.73. The number of carbonyl (C=O) groups is 2. The van der Waals surface area contributed by atoms with Crippen molar-refractivity contribution in [1.29, 1.82) is 0 Å². The quantitative estimate of drug-likeness (QED) is 0.553. The van der Waals surface area contributed by atoms with Crippen LogP contribution >= 0.6 is 0 Å². The zero-order valence-corrected chi connectivity index (χ0v) is 12.1. The molecule has 0 aromatic heterocycles. The second-order valence-electron chi connectivity index (χ2n) is 4.26. The number of hydrogen-bond acceptors (Lipinski definition) is 6. The lowest BCUT2D eigenvalue weighted by Gasteiger charge is -2.32. The molecule has 2 unspecified atom stereocenters. The maximum absolute atomic E-state index is 12.2. The third-order valence-electron chi connectivity index (χ3n) is 2.95. The van der Waals surface area contributed by atoms with Crippen LogP contribution in [0.1, 0.15) is 6.92 Å². The van der Waals surface area contributed by atoms with Crippen molar-refractivity contribution in [2.75, 3.05) is 19.5 Å². The highest BCUT2D eigenvalue weighted by Crippen LogP contribution is 2.37. The van der Waals surface area contributed by atoms with E-state index in [-0.39, 0.29) is 6.61 Å². The zero-order chi connectivity index (χ0) is 15.4. The maximum atomic E-state index is 12.2. The maximum Gasteiger partial charge on any atom is 0.328 e. The van der Waals surface area contributed by atoms with E-state index in [1.807, 2.05) is 0 Å². The molecule has 20 heavy (non-hydrogen) atoms. The van der Waals surface area contributed by atoms with E-state index in [9.17, 15) is 18.0 Å². The van der Waals surface area contributed by atoms with Crippen LogP contribution in [0.25, 0.3) is 0 Å². The average molecular weight is 303 g/mol. The van der Waals surface area contributed by atoms with Gasteiger partial charge in [0.1, 0.15) is 0 Å². The predicted octanol–water partition coefficient (Wildman–Crippen LogP) is -0.260. The molecule has 0 bridgehead atoms. The van der Waals surface area contributed by atoms with Gasteiger partial charge < -0.3 is 9.47 Å². The largest absolute Gasteiger partial charge is 0.468 e. The Balaban J connectivity index is 3.30. The Morgan fingerprint density at radius 1 is 1.30 bits per heavy atom. The molecule has 0 aromatic carbocycles. The first kappa shape index (κ1) is 16.4. The van der Waals surface area contributed by atoms with Crippen molar-refractivity contribution in [2.45, 2.75) is 6.92 Å². The van der Waals surface area contributed by atoms with Gasteiger partial charge in [-0.15, -0.1) is 0 Å². The summed E-state index contributed by atoms with van der Waals surface area (Å²) in [6.45, 7) is 1.64. The fourth-order valence-electron chi connectivity index (χ4n) is 2.06. The van der Waals surface area contributed by atoms with E-state index in [2.05, 4.69) is 4.74 Å². The van der Waals surface area contributed by atoms with Gasteiger partial charge in [-0.05, 0) is 6.92 Å². The molecule has 7 nitrogen and oxygen atoms in total. The second-order valence-corrected chi connectivity index (χ2v) is 5.92. The highest BCUT2D eigenvalue weighted by Gasteiger charge is 2.53. The summed E-state index contributed by atoms with van der Waals surface area (Å²) in [5, 5.41) is 5.01. The van der Waals surface area contributed by atoms with Crippen molar-refractivity contribution in [3.8, 4) is 0 Å². The van der Waals surface area contributed by atoms with Gasteiger partial charge in [0.05, 0.1) is 19.5 Å². The van der Waals surface area contributed by atoms with Crippen LogP contribution in [0, 0.1) is 11.3 Å². The Bertz CT molecular complexity index is 550. The smallest absolute Gasteiger partial charge is 0.328 e. The van der Waals surface area contributed by atoms with Crippen LogP contribution in [-0.4, -0.2) is 39.8 Å². The molecule has 1 aliphatic rings. The molecule has 112 valence electrons. The monoisotopic (exact) mass is 303 g/mol. The SMILES string of the molecule is CCOC(=O)C1(C(=O)OC)C=CC=CC1CS(N)(=O)=O. The number of methoxy groups -OCH3 is 1. The first-order valence-corrected chi connectivity index (χ1v) is 7.61. The van der Waals surface area contributed by atoms with Crippen molar-refractivity contribution in [3.63, 3.8) is 0 Å². The highest BCUT2D eigenvalue weighted by molar-refractivity contribution is 7.89. The number of rotatable bonds is 5. The van der Waals surface area contributed by atoms with Gasteiger partial charge in [-0.25, -0.2) is 13.6 Å². The number of carbonyl (C=O) groups excluding carboxylic acids is 2. The van der Waals surface area contributed by atoms with E-state index in [1.54, 1.807) is 6.92 Å². The van der Waals surface area contributed by atoms with Gasteiger partial charge in [0.2, 0.25) is 10.0 Å². The topological polar surface area (TPSA) is 113 Å². The molecule has 2 atom stereocenters. The molecule has 0 saturated heterocycles. The molecule has 0 heterocycles. The first-order chi connectivity index (χ1) is 9.28. The van der Waals surface area contributed by atoms with Gasteiger partial charge >= 0.3 is 11.9 Å². The van der Waals surface area contributed by atoms with Crippen LogP contribution < -0.4 is 5.14 Å². The minimum Gasteiger partial charge on any atom is -0.468 e. The van der Waals surface area contributed by atoms with Crippen LogP contribution in [0.2, 0.25) is 0 Å². The Kier molecular flexibility index (Phi) is 5.07. The molecule has 0 saturated carbocycles. The lowest BCUT2D eigenvalue weighted by Crippen LogP contribution is -2.49. The number of nitrogens with two attached hydrogens (primary N) is 1. The Morgan fingerprint density at radius 3 is 2.45 bits per heavy atom. The molecule has 0 aliphatic heterocycles. The predicted molar refractivity (Wildman–Crippen MR) is 70.8 cm³/mol. The fourth-order valence-corrected chi connectivity index (χ4v) is 2.93. The van der Waals surface area contributed by atoms with Crippen molar-refractivity contribution in [3.05, 3.63) is 24.3 Å². The molecule has 0 amide bonds. The number of esters is 2. The summed E-state index contributed by atoms with van der Waals surface area (Å²) >= 11 is 0. The van der Waals surface area contributed by atoms with E-state index in [0.29, 0.717) is 0 Å². The van der Waals surface area contributed by atoms with Crippen LogP contribution in [-0.2, 0) is 29.1 Å². The summed E-state index contributed by atoms with van der Waals surface area (Å²) in [5.74, 6) is -3.29. The van der Waals surface area contributed by atoms with Crippen LogP contribution in [0.5, 0.6) is 0 Å². The van der Waals surface area contributed by atoms with Gasteiger partial charge in [-0.2, -0.15) is 0 Å². The molecule has 0 radical (unpaired) electrons. The van der Waals surface area contributed by atoms with Gasteiger partial charge in [-0.3, -0.25) is 9.59 Å². The van der Waals surface area contributed by atoms with E-state index < -0.39 is 39.0 Å². The molecule has 1 rings (SSSR count). The summed E-state index contributed by atoms with van der Waals surface area (Å²) in [7, 11) is -2.77. The van der Waals surface area contributed by atoms with Gasteiger partial charge in [0.15, 0.2) is 5.41 Å². The first-order valence-electron chi connectivity index (χ1n) is 5.90. The van der Waals surface area contributed by atoms with Crippen molar-refractivity contribution >= 4 is 22.0 Å². The van der Waals surface area contributed by atoms with Gasteiger partial charge in [0, 0.05) is 5.92 Å². The molecule has 8 heteroatoms. The number of sulfonamides is 1. The number of ether oxygens (including phenoxy) is 2. The summed E-state index contributed by atoms with van der Waals surface area (Å²) < 4.78 is 32.1. The molecule has 2 N–H and O–H groups in total. The van der Waals surface area contributed by atoms with E-state index in [1.165, 1.54) is 24.3 Å². The third kappa shape index (κ3) is 3.26. The number of allylic oxidation sites excluding steroid dienone is 3. The molecule has 0 aromatic rings. The zero-order valence-electron chi connectivity index (χ0n) is 11.2. The molecular weight excluding hydrogens is 286 g/mol. The summed E-state index contributed by atoms with van der Waals surface area (Å²) in [6.07, 6.45) is 5.72. The minimum absolute atomic E-state index is 0.0528. The average Bonchev–Trinajstić information content (AvgIpc) is 2.37. The second kappa shape index (κ2) is 6.19. The third-order valence-corrected chi connectivity index (χ3v) is 3.77. The Labute approximate surface area is 117 Å². The van der Waals surface area contributed by atoms with Crippen LogP contribution in [0.15, 0.2) is 24.3 Å². The summed E-state index contributed by atoms with van der Waals surface area (Å²) in [5.41, 5.74) is -1.83. The van der Waals surface area contributed by atoms with Crippen LogP contribution in [0.3, 0.4) is 0 Å². The van der Waals surface area contributed by atoms with Crippen molar-refractivity contribution < 1.29 is 27.5 Å². The van der Waals surface area contributed by atoms with Gasteiger partial charge in [-0.1, -0.05) is 24.3 Å². The Hall–Kier alpha value is -1.67. The van der Waals surface area contributed by atoms with Crippen molar-refractivity contribution in [2.24, 2.45) is 16.5 Å². The number of primary sulfonamides is 1. The van der Waals surface area contributed by atoms with E-state index in [0.717, 1.165) is 7.11 Å². The van der Waals surface area contributed by atoms with E-state index in [4.69, 9.17) is 9.88 Å². The minimum atomic E-state index is -3.89. The standard InChI is InChI=1S/C12H17NO6S/c1-3-19-11(15)12(10(14)18-2)7-5-4-6-9(12)8-20(13,16)17/h4-7,9H,3,8H2,1-2H3,(H2,13,16,17). The summed E-state index contributed by atoms with van der Waals surface area (Å²) in [6, 6.07) is 0.